The monoisotopic (exact) mass is 755 g/mol. The largest absolute Gasteiger partial charge is 0.444 e. The first kappa shape index (κ1) is 44.4. The van der Waals surface area contributed by atoms with E-state index in [2.05, 4.69) is 48.7 Å². The maximum atomic E-state index is 14.7. The number of nitrogens with zero attached hydrogens (tertiary/aromatic N) is 2. The second kappa shape index (κ2) is 18.8. The molecule has 4 amide bonds. The molecule has 2 aliphatic rings. The Hall–Kier alpha value is -2.75. The Bertz CT molecular complexity index is 1340. The summed E-state index contributed by atoms with van der Waals surface area (Å²) in [4.78, 5) is 56.5. The Balaban J connectivity index is 2.66. The Morgan fingerprint density at radius 2 is 1.67 bits per heavy atom. The molecule has 15 heteroatoms. The summed E-state index contributed by atoms with van der Waals surface area (Å²) in [5.74, 6) is -2.30. The minimum atomic E-state index is -3.82. The van der Waals surface area contributed by atoms with Crippen molar-refractivity contribution in [1.82, 2.24) is 25.2 Å². The molecule has 0 aromatic heterocycles. The number of fused-ring (bicyclic) bond motifs is 1. The van der Waals surface area contributed by atoms with Gasteiger partial charge in [-0.25, -0.2) is 13.2 Å². The predicted octanol–water partition coefficient (Wildman–Crippen LogP) is 3.78. The van der Waals surface area contributed by atoms with Crippen LogP contribution < -0.4 is 16.0 Å². The highest BCUT2D eigenvalue weighted by Crippen LogP contribution is 2.40. The Labute approximate surface area is 307 Å². The summed E-state index contributed by atoms with van der Waals surface area (Å²) in [7, 11) is -5.57. The molecule has 0 bridgehead atoms. The van der Waals surface area contributed by atoms with Gasteiger partial charge in [0, 0.05) is 34.3 Å². The van der Waals surface area contributed by atoms with Crippen molar-refractivity contribution >= 4 is 41.9 Å². The van der Waals surface area contributed by atoms with Crippen LogP contribution in [0.4, 0.5) is 4.79 Å². The fourth-order valence-corrected chi connectivity index (χ4v) is 11.0. The van der Waals surface area contributed by atoms with E-state index in [0.29, 0.717) is 38.1 Å². The number of hydrogen-bond donors (Lipinski definition) is 4. The zero-order chi connectivity index (χ0) is 38.8. The second-order valence-electron chi connectivity index (χ2n) is 16.7. The van der Waals surface area contributed by atoms with E-state index in [4.69, 9.17) is 4.74 Å². The molecule has 0 aliphatic carbocycles. The third-order valence-corrected chi connectivity index (χ3v) is 13.6. The smallest absolute Gasteiger partial charge is 0.408 e. The number of ether oxygens (including phenoxy) is 1. The van der Waals surface area contributed by atoms with Crippen molar-refractivity contribution < 1.29 is 37.4 Å². The van der Waals surface area contributed by atoms with E-state index >= 15 is 0 Å². The number of aliphatic hydroxyl groups is 1. The molecular weight excluding hydrogens is 691 g/mol. The van der Waals surface area contributed by atoms with Gasteiger partial charge in [0.1, 0.15) is 17.7 Å². The molecule has 5 atom stereocenters. The molecule has 2 rings (SSSR count). The number of carbonyl (C=O) groups is 4. The van der Waals surface area contributed by atoms with Crippen molar-refractivity contribution in [3.63, 3.8) is 0 Å². The van der Waals surface area contributed by atoms with Gasteiger partial charge < -0.3 is 30.7 Å². The van der Waals surface area contributed by atoms with Gasteiger partial charge in [0.2, 0.25) is 21.8 Å². The van der Waals surface area contributed by atoms with Crippen LogP contribution >= 0.6 is 0 Å². The van der Waals surface area contributed by atoms with Gasteiger partial charge in [-0.3, -0.25) is 14.4 Å². The number of rotatable bonds is 11. The zero-order valence-corrected chi connectivity index (χ0v) is 34.1. The van der Waals surface area contributed by atoms with Crippen LogP contribution in [0.3, 0.4) is 0 Å². The summed E-state index contributed by atoms with van der Waals surface area (Å²) in [5.41, 5.74) is -1.51. The molecule has 0 spiro atoms. The summed E-state index contributed by atoms with van der Waals surface area (Å²) in [5, 5.41) is 19.2. The maximum Gasteiger partial charge on any atom is 0.408 e. The fraction of sp³-hybridized carbons (Fsp3) is 0.778. The SMILES string of the molecule is C=CCNC(=O)C(O)[C@@H]1CCCCCCCN(S(=O)(=O)CC[Si](C)(C)C)C[C@H](NC(=O)OC(C)(C)C)C(=O)N2CC[C@H](C(C)(C)C=C)[C@H]2C(=O)N1. The first-order valence-electron chi connectivity index (χ1n) is 18.3. The number of amides is 4. The average Bonchev–Trinajstić information content (AvgIpc) is 3.48. The van der Waals surface area contributed by atoms with Crippen molar-refractivity contribution in [2.45, 2.75) is 135 Å². The van der Waals surface area contributed by atoms with E-state index in [1.165, 1.54) is 15.3 Å². The highest BCUT2D eigenvalue weighted by molar-refractivity contribution is 7.89. The standard InChI is InChI=1S/C36H65N5O8SSi/c1-11-20-37-32(44)30(42)27-18-16-14-13-15-17-21-40(50(47,48)23-24-51(8,9)10)25-28(39-34(46)49-35(3,4)5)33(45)41-22-19-26(36(6,7)12-2)29(41)31(43)38-27/h11-12,26-30,42H,1-2,13-25H2,3-10H3,(H,37,44)(H,38,43)(H,39,46)/t26-,27-,28-,29-,30?/m0/s1. The molecule has 292 valence electrons. The van der Waals surface area contributed by atoms with Crippen LogP contribution in [0.15, 0.2) is 25.3 Å². The molecule has 0 aromatic rings. The zero-order valence-electron chi connectivity index (χ0n) is 32.3. The number of hydrogen-bond acceptors (Lipinski definition) is 8. The fourth-order valence-electron chi connectivity index (χ4n) is 6.46. The lowest BCUT2D eigenvalue weighted by Crippen LogP contribution is -2.61. The molecule has 2 fully saturated rings. The molecule has 4 N–H and O–H groups in total. The van der Waals surface area contributed by atoms with E-state index < -0.39 is 83.1 Å². The molecular formula is C36H65N5O8SSi. The number of carbonyl (C=O) groups excluding carboxylic acids is 4. The summed E-state index contributed by atoms with van der Waals surface area (Å²) < 4.78 is 34.6. The van der Waals surface area contributed by atoms with Crippen LogP contribution in [-0.2, 0) is 29.1 Å². The van der Waals surface area contributed by atoms with Crippen LogP contribution in [0, 0.1) is 11.3 Å². The van der Waals surface area contributed by atoms with Crippen LogP contribution in [0.1, 0.15) is 79.6 Å². The van der Waals surface area contributed by atoms with Gasteiger partial charge in [0.15, 0.2) is 6.10 Å². The van der Waals surface area contributed by atoms with Gasteiger partial charge >= 0.3 is 6.09 Å². The Morgan fingerprint density at radius 3 is 2.25 bits per heavy atom. The first-order valence-corrected chi connectivity index (χ1v) is 23.6. The molecule has 2 heterocycles. The van der Waals surface area contributed by atoms with Gasteiger partial charge in [-0.15, -0.1) is 13.2 Å². The summed E-state index contributed by atoms with van der Waals surface area (Å²) >= 11 is 0. The summed E-state index contributed by atoms with van der Waals surface area (Å²) in [6.07, 6.45) is 4.86. The quantitative estimate of drug-likeness (QED) is 0.182. The van der Waals surface area contributed by atoms with E-state index in [1.54, 1.807) is 26.8 Å². The van der Waals surface area contributed by atoms with E-state index in [9.17, 15) is 32.7 Å². The molecule has 51 heavy (non-hydrogen) atoms. The highest BCUT2D eigenvalue weighted by atomic mass is 32.2. The second-order valence-corrected chi connectivity index (χ2v) is 24.4. The van der Waals surface area contributed by atoms with Crippen molar-refractivity contribution in [1.29, 1.82) is 0 Å². The molecule has 13 nitrogen and oxygen atoms in total. The predicted molar refractivity (Wildman–Crippen MR) is 203 cm³/mol. The maximum absolute atomic E-state index is 14.7. The minimum absolute atomic E-state index is 0.0650. The van der Waals surface area contributed by atoms with E-state index in [-0.39, 0.29) is 31.9 Å². The van der Waals surface area contributed by atoms with Crippen LogP contribution in [0.2, 0.25) is 25.7 Å². The molecule has 0 aromatic carbocycles. The number of alkyl carbamates (subject to hydrolysis) is 1. The third-order valence-electron chi connectivity index (χ3n) is 9.63. The average molecular weight is 756 g/mol. The third kappa shape index (κ3) is 14.0. The number of allylic oxidation sites excluding steroid dienone is 1. The molecule has 2 saturated heterocycles. The van der Waals surface area contributed by atoms with Crippen LogP contribution in [-0.4, -0.2) is 116 Å². The van der Waals surface area contributed by atoms with Gasteiger partial charge in [0.25, 0.3) is 5.91 Å². The van der Waals surface area contributed by atoms with Crippen LogP contribution in [0.5, 0.6) is 0 Å². The van der Waals surface area contributed by atoms with E-state index in [1.807, 2.05) is 13.8 Å². The molecule has 0 saturated carbocycles. The minimum Gasteiger partial charge on any atom is -0.444 e. The number of aliphatic hydroxyl groups excluding tert-OH is 1. The first-order chi connectivity index (χ1) is 23.5. The molecule has 0 radical (unpaired) electrons. The van der Waals surface area contributed by atoms with Crippen molar-refractivity contribution in [3.8, 4) is 0 Å². The van der Waals surface area contributed by atoms with Crippen LogP contribution in [0.25, 0.3) is 0 Å². The van der Waals surface area contributed by atoms with Gasteiger partial charge in [-0.1, -0.05) is 71.3 Å². The normalized spacial score (nSPS) is 24.5. The highest BCUT2D eigenvalue weighted by Gasteiger charge is 2.50. The molecule has 2 aliphatic heterocycles. The van der Waals surface area contributed by atoms with Gasteiger partial charge in [-0.2, -0.15) is 4.31 Å². The number of sulfonamides is 1. The lowest BCUT2D eigenvalue weighted by atomic mass is 9.74. The van der Waals surface area contributed by atoms with Crippen molar-refractivity contribution in [3.05, 3.63) is 25.3 Å². The summed E-state index contributed by atoms with van der Waals surface area (Å²) in [6, 6.07) is -2.82. The number of nitrogens with one attached hydrogen (secondary N) is 3. The van der Waals surface area contributed by atoms with Gasteiger partial charge in [-0.05, 0) is 57.4 Å². The van der Waals surface area contributed by atoms with Crippen molar-refractivity contribution in [2.24, 2.45) is 11.3 Å². The lowest BCUT2D eigenvalue weighted by molar-refractivity contribution is -0.143. The lowest BCUT2D eigenvalue weighted by Gasteiger charge is -2.38. The van der Waals surface area contributed by atoms with E-state index in [0.717, 1.165) is 12.8 Å². The summed E-state index contributed by atoms with van der Waals surface area (Å²) in [6.45, 7) is 22.9. The van der Waals surface area contributed by atoms with Crippen molar-refractivity contribution in [2.75, 3.05) is 31.9 Å². The van der Waals surface area contributed by atoms with Gasteiger partial charge in [0.05, 0.1) is 11.8 Å². The Kier molecular flexibility index (Phi) is 16.4. The molecule has 1 unspecified atom stereocenters. The topological polar surface area (TPSA) is 174 Å². The Morgan fingerprint density at radius 1 is 1.04 bits per heavy atom.